The van der Waals surface area contributed by atoms with E-state index in [1.54, 1.807) is 18.2 Å². The highest BCUT2D eigenvalue weighted by atomic mass is 35.5. The van der Waals surface area contributed by atoms with Crippen LogP contribution in [0.5, 0.6) is 0 Å². The van der Waals surface area contributed by atoms with Crippen molar-refractivity contribution in [2.75, 3.05) is 5.32 Å². The Morgan fingerprint density at radius 3 is 2.48 bits per heavy atom. The summed E-state index contributed by atoms with van der Waals surface area (Å²) in [7, 11) is 0. The van der Waals surface area contributed by atoms with E-state index < -0.39 is 6.04 Å². The van der Waals surface area contributed by atoms with E-state index in [-0.39, 0.29) is 30.3 Å². The highest BCUT2D eigenvalue weighted by Crippen LogP contribution is 2.24. The van der Waals surface area contributed by atoms with E-state index in [9.17, 15) is 9.59 Å². The molecule has 3 atom stereocenters. The van der Waals surface area contributed by atoms with Gasteiger partial charge in [0.1, 0.15) is 0 Å². The number of carbonyl (C=O) groups excluding carboxylic acids is 2. The number of fused-ring (bicyclic) bond motifs is 1. The summed E-state index contributed by atoms with van der Waals surface area (Å²) < 4.78 is 0. The van der Waals surface area contributed by atoms with Crippen LogP contribution in [-0.2, 0) is 9.59 Å². The van der Waals surface area contributed by atoms with Gasteiger partial charge in [-0.15, -0.1) is 0 Å². The molecule has 0 bridgehead atoms. The Kier molecular flexibility index (Phi) is 5.09. The maximum atomic E-state index is 12.2. The minimum atomic E-state index is -0.496. The fraction of sp³-hybridized carbons (Fsp3) is 0.500. The second kappa shape index (κ2) is 7.07. The average Bonchev–Trinajstić information content (AvgIpc) is 2.46. The Bertz CT molecular complexity index is 603. The van der Waals surface area contributed by atoms with Gasteiger partial charge in [0.15, 0.2) is 0 Å². The molecule has 1 aromatic carbocycles. The lowest BCUT2D eigenvalue weighted by atomic mass is 9.87. The molecule has 124 valence electrons. The summed E-state index contributed by atoms with van der Waals surface area (Å²) in [5.41, 5.74) is 0.527. The fourth-order valence-electron chi connectivity index (χ4n) is 3.30. The SMILES string of the molecule is O=C(CC1NC2CCCCC2NC1=O)Nc1cc(Cl)cc(Cl)c1. The summed E-state index contributed by atoms with van der Waals surface area (Å²) in [5, 5.41) is 9.99. The van der Waals surface area contributed by atoms with Gasteiger partial charge >= 0.3 is 0 Å². The van der Waals surface area contributed by atoms with Gasteiger partial charge in [-0.3, -0.25) is 9.59 Å². The van der Waals surface area contributed by atoms with Gasteiger partial charge in [-0.1, -0.05) is 36.0 Å². The number of halogens is 2. The number of nitrogens with one attached hydrogen (secondary N) is 3. The second-order valence-corrected chi connectivity index (χ2v) is 7.01. The molecule has 2 aliphatic rings. The molecule has 3 N–H and O–H groups in total. The summed E-state index contributed by atoms with van der Waals surface area (Å²) in [4.78, 5) is 24.3. The van der Waals surface area contributed by atoms with E-state index in [4.69, 9.17) is 23.2 Å². The molecular formula is C16H19Cl2N3O2. The van der Waals surface area contributed by atoms with Crippen LogP contribution in [0.1, 0.15) is 32.1 Å². The Labute approximate surface area is 145 Å². The number of hydrogen-bond acceptors (Lipinski definition) is 3. The van der Waals surface area contributed by atoms with Crippen LogP contribution >= 0.6 is 23.2 Å². The van der Waals surface area contributed by atoms with Gasteiger partial charge in [-0.25, -0.2) is 0 Å². The van der Waals surface area contributed by atoms with Crippen molar-refractivity contribution in [1.29, 1.82) is 0 Å². The van der Waals surface area contributed by atoms with Crippen molar-refractivity contribution in [3.8, 4) is 0 Å². The van der Waals surface area contributed by atoms with E-state index in [0.29, 0.717) is 15.7 Å². The van der Waals surface area contributed by atoms with Crippen LogP contribution in [0.2, 0.25) is 10.0 Å². The monoisotopic (exact) mass is 355 g/mol. The zero-order valence-electron chi connectivity index (χ0n) is 12.6. The van der Waals surface area contributed by atoms with Crippen molar-refractivity contribution < 1.29 is 9.59 Å². The van der Waals surface area contributed by atoms with E-state index >= 15 is 0 Å². The van der Waals surface area contributed by atoms with Gasteiger partial charge in [0, 0.05) is 27.8 Å². The molecule has 0 radical (unpaired) electrons. The van der Waals surface area contributed by atoms with E-state index in [0.717, 1.165) is 25.7 Å². The minimum Gasteiger partial charge on any atom is -0.350 e. The normalized spacial score (nSPS) is 27.0. The first kappa shape index (κ1) is 16.6. The van der Waals surface area contributed by atoms with Crippen LogP contribution < -0.4 is 16.0 Å². The topological polar surface area (TPSA) is 70.2 Å². The molecule has 1 heterocycles. The third-order valence-electron chi connectivity index (χ3n) is 4.36. The second-order valence-electron chi connectivity index (χ2n) is 6.14. The Morgan fingerprint density at radius 2 is 1.78 bits per heavy atom. The van der Waals surface area contributed by atoms with Crippen molar-refractivity contribution in [2.24, 2.45) is 0 Å². The standard InChI is InChI=1S/C16H19Cl2N3O2/c17-9-5-10(18)7-11(6-9)19-15(22)8-14-16(23)21-13-4-2-1-3-12(13)20-14/h5-7,12-14,20H,1-4,8H2,(H,19,22)(H,21,23). The van der Waals surface area contributed by atoms with Gasteiger partial charge in [-0.2, -0.15) is 0 Å². The van der Waals surface area contributed by atoms with Crippen molar-refractivity contribution in [2.45, 2.75) is 50.2 Å². The molecule has 2 amide bonds. The number of piperazine rings is 1. The molecule has 2 fully saturated rings. The van der Waals surface area contributed by atoms with Crippen LogP contribution in [0.25, 0.3) is 0 Å². The van der Waals surface area contributed by atoms with Gasteiger partial charge in [0.05, 0.1) is 12.5 Å². The van der Waals surface area contributed by atoms with Crippen LogP contribution in [-0.4, -0.2) is 29.9 Å². The molecule has 1 aliphatic carbocycles. The number of carbonyl (C=O) groups is 2. The lowest BCUT2D eigenvalue weighted by molar-refractivity contribution is -0.129. The number of amides is 2. The van der Waals surface area contributed by atoms with Crippen LogP contribution in [0.3, 0.4) is 0 Å². The maximum absolute atomic E-state index is 12.2. The van der Waals surface area contributed by atoms with E-state index in [2.05, 4.69) is 16.0 Å². The van der Waals surface area contributed by atoms with Gasteiger partial charge < -0.3 is 16.0 Å². The van der Waals surface area contributed by atoms with Crippen LogP contribution in [0, 0.1) is 0 Å². The number of hydrogen-bond donors (Lipinski definition) is 3. The first-order chi connectivity index (χ1) is 11.0. The molecule has 5 nitrogen and oxygen atoms in total. The number of rotatable bonds is 3. The largest absolute Gasteiger partial charge is 0.350 e. The molecule has 1 aliphatic heterocycles. The molecule has 1 saturated carbocycles. The molecular weight excluding hydrogens is 337 g/mol. The zero-order valence-corrected chi connectivity index (χ0v) is 14.1. The van der Waals surface area contributed by atoms with Crippen molar-refractivity contribution in [3.05, 3.63) is 28.2 Å². The molecule has 3 rings (SSSR count). The minimum absolute atomic E-state index is 0.0825. The number of anilines is 1. The molecule has 1 aromatic rings. The third kappa shape index (κ3) is 4.16. The Morgan fingerprint density at radius 1 is 1.13 bits per heavy atom. The Hall–Kier alpha value is -1.30. The highest BCUT2D eigenvalue weighted by Gasteiger charge is 2.36. The van der Waals surface area contributed by atoms with E-state index in [1.165, 1.54) is 0 Å². The van der Waals surface area contributed by atoms with Crippen molar-refractivity contribution >= 4 is 40.7 Å². The van der Waals surface area contributed by atoms with Gasteiger partial charge in [0.25, 0.3) is 0 Å². The zero-order chi connectivity index (χ0) is 16.4. The summed E-state index contributed by atoms with van der Waals surface area (Å²) in [6, 6.07) is 4.80. The quantitative estimate of drug-likeness (QED) is 0.780. The van der Waals surface area contributed by atoms with Crippen LogP contribution in [0.15, 0.2) is 18.2 Å². The molecule has 1 saturated heterocycles. The van der Waals surface area contributed by atoms with Crippen molar-refractivity contribution in [3.63, 3.8) is 0 Å². The predicted octanol–water partition coefficient (Wildman–Crippen LogP) is 2.72. The molecule has 23 heavy (non-hydrogen) atoms. The highest BCUT2D eigenvalue weighted by molar-refractivity contribution is 6.35. The third-order valence-corrected chi connectivity index (χ3v) is 4.80. The predicted molar refractivity (Wildman–Crippen MR) is 90.8 cm³/mol. The van der Waals surface area contributed by atoms with Gasteiger partial charge in [0.2, 0.25) is 11.8 Å². The summed E-state index contributed by atoms with van der Waals surface area (Å²) >= 11 is 11.8. The first-order valence-corrected chi connectivity index (χ1v) is 8.59. The Balaban J connectivity index is 1.59. The first-order valence-electron chi connectivity index (χ1n) is 7.83. The summed E-state index contributed by atoms with van der Waals surface area (Å²) in [6.07, 6.45) is 4.42. The lowest BCUT2D eigenvalue weighted by Crippen LogP contribution is -2.65. The molecule has 0 aromatic heterocycles. The average molecular weight is 356 g/mol. The van der Waals surface area contributed by atoms with Crippen LogP contribution in [0.4, 0.5) is 5.69 Å². The summed E-state index contributed by atoms with van der Waals surface area (Å²) in [5.74, 6) is -0.349. The van der Waals surface area contributed by atoms with Gasteiger partial charge in [-0.05, 0) is 31.0 Å². The maximum Gasteiger partial charge on any atom is 0.237 e. The molecule has 7 heteroatoms. The molecule has 0 spiro atoms. The van der Waals surface area contributed by atoms with E-state index in [1.807, 2.05) is 0 Å². The lowest BCUT2D eigenvalue weighted by Gasteiger charge is -2.40. The fourth-order valence-corrected chi connectivity index (χ4v) is 3.82. The van der Waals surface area contributed by atoms with Crippen molar-refractivity contribution in [1.82, 2.24) is 10.6 Å². The summed E-state index contributed by atoms with van der Waals surface area (Å²) in [6.45, 7) is 0. The smallest absolute Gasteiger partial charge is 0.237 e. The molecule has 3 unspecified atom stereocenters. The number of benzene rings is 1.